The fourth-order valence-electron chi connectivity index (χ4n) is 5.69. The van der Waals surface area contributed by atoms with Crippen molar-refractivity contribution in [1.82, 2.24) is 15.5 Å². The molecule has 0 radical (unpaired) electrons. The Morgan fingerprint density at radius 3 is 2.43 bits per heavy atom. The smallest absolute Gasteiger partial charge is 0.353 e. The van der Waals surface area contributed by atoms with E-state index in [1.807, 2.05) is 0 Å². The third-order valence-electron chi connectivity index (χ3n) is 7.12. The van der Waals surface area contributed by atoms with Crippen molar-refractivity contribution < 1.29 is 22.5 Å². The summed E-state index contributed by atoms with van der Waals surface area (Å²) in [5.41, 5.74) is -0.250. The molecule has 2 bridgehead atoms. The molecule has 0 saturated heterocycles. The summed E-state index contributed by atoms with van der Waals surface area (Å²) in [5, 5.41) is 7.23. The van der Waals surface area contributed by atoms with Crippen LogP contribution in [0.4, 0.5) is 13.2 Å². The number of halogens is 3. The Kier molecular flexibility index (Phi) is 4.82. The van der Waals surface area contributed by atoms with Gasteiger partial charge in [0.15, 0.2) is 0 Å². The first-order valence-corrected chi connectivity index (χ1v) is 10.7. The molecule has 1 heterocycles. The van der Waals surface area contributed by atoms with E-state index < -0.39 is 11.7 Å². The lowest BCUT2D eigenvalue weighted by Gasteiger charge is -2.28. The van der Waals surface area contributed by atoms with E-state index in [0.29, 0.717) is 23.3 Å². The molecule has 5 nitrogen and oxygen atoms in total. The predicted molar refractivity (Wildman–Crippen MR) is 102 cm³/mol. The highest BCUT2D eigenvalue weighted by Gasteiger charge is 2.53. The number of alkyl halides is 3. The molecule has 0 spiro atoms. The molecule has 1 aromatic carbocycles. The molecule has 160 valence electrons. The lowest BCUT2D eigenvalue weighted by Crippen LogP contribution is -2.41. The van der Waals surface area contributed by atoms with Crippen molar-refractivity contribution in [3.63, 3.8) is 0 Å². The largest absolute Gasteiger partial charge is 0.416 e. The lowest BCUT2D eigenvalue weighted by atomic mass is 9.78. The van der Waals surface area contributed by atoms with Gasteiger partial charge in [-0.05, 0) is 56.1 Å². The zero-order valence-electron chi connectivity index (χ0n) is 16.5. The summed E-state index contributed by atoms with van der Waals surface area (Å²) in [7, 11) is 0. The molecule has 5 rings (SSSR count). The maximum Gasteiger partial charge on any atom is 0.416 e. The van der Waals surface area contributed by atoms with Gasteiger partial charge in [-0.3, -0.25) is 4.79 Å². The van der Waals surface area contributed by atoms with E-state index in [2.05, 4.69) is 15.5 Å². The molecule has 1 aromatic heterocycles. The highest BCUT2D eigenvalue weighted by molar-refractivity contribution is 5.81. The van der Waals surface area contributed by atoms with Crippen molar-refractivity contribution in [3.05, 3.63) is 35.7 Å². The van der Waals surface area contributed by atoms with Crippen LogP contribution >= 0.6 is 0 Å². The van der Waals surface area contributed by atoms with Crippen molar-refractivity contribution in [1.29, 1.82) is 0 Å². The van der Waals surface area contributed by atoms with Crippen molar-refractivity contribution >= 4 is 5.91 Å². The predicted octanol–water partition coefficient (Wildman–Crippen LogP) is 4.94. The number of nitrogens with one attached hydrogen (secondary N) is 1. The van der Waals surface area contributed by atoms with Crippen LogP contribution in [0.25, 0.3) is 11.4 Å². The number of carbonyl (C=O) groups is 1. The normalized spacial score (nSPS) is 28.9. The fraction of sp³-hybridized carbons (Fsp3) is 0.591. The SMILES string of the molecule is O=C(NC1CCCC1)[C@H]1[C@H]2CC[C@H](C2)[C@@H]1c1nc(-c2ccc(C(F)(F)F)cc2)no1. The molecule has 30 heavy (non-hydrogen) atoms. The van der Waals surface area contributed by atoms with E-state index in [9.17, 15) is 18.0 Å². The van der Waals surface area contributed by atoms with E-state index >= 15 is 0 Å². The molecular formula is C22H24F3N3O2. The van der Waals surface area contributed by atoms with Crippen molar-refractivity contribution in [2.75, 3.05) is 0 Å². The summed E-state index contributed by atoms with van der Waals surface area (Å²) in [6, 6.07) is 5.00. The first-order chi connectivity index (χ1) is 14.4. The molecule has 3 saturated carbocycles. The number of hydrogen-bond donors (Lipinski definition) is 1. The second-order valence-electron chi connectivity index (χ2n) is 8.91. The van der Waals surface area contributed by atoms with Gasteiger partial charge in [0.2, 0.25) is 17.6 Å². The zero-order chi connectivity index (χ0) is 20.9. The van der Waals surface area contributed by atoms with Crippen LogP contribution in [0, 0.1) is 17.8 Å². The van der Waals surface area contributed by atoms with Crippen LogP contribution in [-0.2, 0) is 11.0 Å². The van der Waals surface area contributed by atoms with Crippen LogP contribution in [0.5, 0.6) is 0 Å². The van der Waals surface area contributed by atoms with Crippen LogP contribution in [-0.4, -0.2) is 22.1 Å². The third-order valence-corrected chi connectivity index (χ3v) is 7.12. The van der Waals surface area contributed by atoms with Gasteiger partial charge in [-0.15, -0.1) is 0 Å². The highest BCUT2D eigenvalue weighted by Crippen LogP contribution is 2.56. The van der Waals surface area contributed by atoms with Gasteiger partial charge in [0.25, 0.3) is 0 Å². The Morgan fingerprint density at radius 1 is 1.03 bits per heavy atom. The van der Waals surface area contributed by atoms with Gasteiger partial charge in [0, 0.05) is 11.6 Å². The highest BCUT2D eigenvalue weighted by atomic mass is 19.4. The van der Waals surface area contributed by atoms with Gasteiger partial charge in [0.05, 0.1) is 17.4 Å². The van der Waals surface area contributed by atoms with E-state index in [1.54, 1.807) is 0 Å². The first-order valence-electron chi connectivity index (χ1n) is 10.7. The van der Waals surface area contributed by atoms with Crippen LogP contribution < -0.4 is 5.32 Å². The van der Waals surface area contributed by atoms with Crippen molar-refractivity contribution in [2.45, 2.75) is 63.1 Å². The number of hydrogen-bond acceptors (Lipinski definition) is 4. The summed E-state index contributed by atoms with van der Waals surface area (Å²) in [5.74, 6) is 1.19. The number of nitrogens with zero attached hydrogens (tertiary/aromatic N) is 2. The van der Waals surface area contributed by atoms with Gasteiger partial charge in [-0.1, -0.05) is 30.1 Å². The van der Waals surface area contributed by atoms with Crippen LogP contribution in [0.2, 0.25) is 0 Å². The summed E-state index contributed by atoms with van der Waals surface area (Å²) in [6.07, 6.45) is 3.09. The average molecular weight is 419 g/mol. The number of amides is 1. The van der Waals surface area contributed by atoms with Crippen LogP contribution in [0.15, 0.2) is 28.8 Å². The molecule has 1 N–H and O–H groups in total. The number of benzene rings is 1. The number of rotatable bonds is 4. The summed E-state index contributed by atoms with van der Waals surface area (Å²) < 4.78 is 43.9. The average Bonchev–Trinajstić information content (AvgIpc) is 3.50. The second-order valence-corrected chi connectivity index (χ2v) is 8.91. The summed E-state index contributed by atoms with van der Waals surface area (Å²) >= 11 is 0. The molecular weight excluding hydrogens is 395 g/mol. The number of carbonyl (C=O) groups excluding carboxylic acids is 1. The Hall–Kier alpha value is -2.38. The number of fused-ring (bicyclic) bond motifs is 2. The van der Waals surface area contributed by atoms with Crippen LogP contribution in [0.1, 0.15) is 62.3 Å². The quantitative estimate of drug-likeness (QED) is 0.762. The topological polar surface area (TPSA) is 68.0 Å². The van der Waals surface area contributed by atoms with E-state index in [1.165, 1.54) is 12.1 Å². The number of aromatic nitrogens is 2. The Labute approximate surface area is 172 Å². The molecule has 0 aliphatic heterocycles. The molecule has 3 aliphatic rings. The minimum absolute atomic E-state index is 0.0911. The van der Waals surface area contributed by atoms with E-state index in [4.69, 9.17) is 4.52 Å². The van der Waals surface area contributed by atoms with Crippen molar-refractivity contribution in [3.8, 4) is 11.4 Å². The lowest BCUT2D eigenvalue weighted by molar-refractivity contribution is -0.137. The third kappa shape index (κ3) is 3.50. The van der Waals surface area contributed by atoms with Gasteiger partial charge in [-0.25, -0.2) is 0 Å². The molecule has 8 heteroatoms. The molecule has 1 amide bonds. The van der Waals surface area contributed by atoms with E-state index in [-0.39, 0.29) is 29.6 Å². The van der Waals surface area contributed by atoms with Gasteiger partial charge < -0.3 is 9.84 Å². The molecule has 2 aromatic rings. The molecule has 3 aliphatic carbocycles. The molecule has 0 unspecified atom stereocenters. The maximum atomic E-state index is 13.1. The van der Waals surface area contributed by atoms with Gasteiger partial charge >= 0.3 is 6.18 Å². The van der Waals surface area contributed by atoms with Crippen LogP contribution in [0.3, 0.4) is 0 Å². The first kappa shape index (κ1) is 19.6. The minimum Gasteiger partial charge on any atom is -0.353 e. The minimum atomic E-state index is -4.38. The van der Waals surface area contributed by atoms with Gasteiger partial charge in [-0.2, -0.15) is 18.2 Å². The Morgan fingerprint density at radius 2 is 1.73 bits per heavy atom. The molecule has 3 fully saturated rings. The van der Waals surface area contributed by atoms with E-state index in [0.717, 1.165) is 57.1 Å². The summed E-state index contributed by atoms with van der Waals surface area (Å²) in [6.45, 7) is 0. The Bertz CT molecular complexity index is 918. The second kappa shape index (κ2) is 7.39. The van der Waals surface area contributed by atoms with Crippen molar-refractivity contribution in [2.24, 2.45) is 17.8 Å². The standard InChI is InChI=1S/C22H24F3N3O2/c23-22(24,25)15-9-7-12(8-10-15)19-27-21(30-28-19)18-14-6-5-13(11-14)17(18)20(29)26-16-3-1-2-4-16/h7-10,13-14,16-18H,1-6,11H2,(H,26,29)/t13-,14+,17-,18-/m0/s1. The maximum absolute atomic E-state index is 13.1. The molecule has 4 atom stereocenters. The Balaban J connectivity index is 1.37. The fourth-order valence-corrected chi connectivity index (χ4v) is 5.69. The zero-order valence-corrected chi connectivity index (χ0v) is 16.5. The van der Waals surface area contributed by atoms with Gasteiger partial charge in [0.1, 0.15) is 0 Å². The summed E-state index contributed by atoms with van der Waals surface area (Å²) in [4.78, 5) is 17.6. The monoisotopic (exact) mass is 419 g/mol.